The highest BCUT2D eigenvalue weighted by Gasteiger charge is 2.32. The molecule has 0 spiro atoms. The standard InChI is InChI=1S/C41H52ClN3O8/c1-26-19-32(46)20-27(2)33(26)22-31(24-37(48)53-41(3,4)5)39(50)45-35(36(47)23-30(38(43)49)21-28-13-7-6-8-14-28)17-11-12-18-44-40(51)52-25-29-15-9-10-16-34(29)42/h6-10,13-16,19-20,30-31,35,46H,11-12,17-18,21-25H2,1-5H3,(H2,43,49)(H,44,51)(H,45,50)/t30-,31?,35+/m1/s1. The Hall–Kier alpha value is -4.90. The van der Waals surface area contributed by atoms with Gasteiger partial charge in [0.15, 0.2) is 5.78 Å². The van der Waals surface area contributed by atoms with E-state index in [1.807, 2.05) is 44.2 Å². The van der Waals surface area contributed by atoms with Gasteiger partial charge in [-0.25, -0.2) is 4.79 Å². The molecule has 0 radical (unpaired) electrons. The number of nitrogens with two attached hydrogens (primary N) is 1. The van der Waals surface area contributed by atoms with E-state index in [2.05, 4.69) is 10.6 Å². The Kier molecular flexibility index (Phi) is 16.3. The summed E-state index contributed by atoms with van der Waals surface area (Å²) in [6, 6.07) is 18.4. The molecular weight excluding hydrogens is 698 g/mol. The van der Waals surface area contributed by atoms with Gasteiger partial charge in [-0.2, -0.15) is 0 Å². The molecule has 0 aliphatic heterocycles. The highest BCUT2D eigenvalue weighted by Crippen LogP contribution is 2.26. The molecule has 12 heteroatoms. The van der Waals surface area contributed by atoms with Gasteiger partial charge in [-0.15, -0.1) is 0 Å². The van der Waals surface area contributed by atoms with Gasteiger partial charge in [0, 0.05) is 29.5 Å². The van der Waals surface area contributed by atoms with E-state index in [9.17, 15) is 29.1 Å². The largest absolute Gasteiger partial charge is 0.508 e. The van der Waals surface area contributed by atoms with Crippen molar-refractivity contribution in [3.63, 3.8) is 0 Å². The summed E-state index contributed by atoms with van der Waals surface area (Å²) in [5, 5.41) is 16.2. The highest BCUT2D eigenvalue weighted by atomic mass is 35.5. The van der Waals surface area contributed by atoms with Gasteiger partial charge in [0.1, 0.15) is 18.0 Å². The van der Waals surface area contributed by atoms with Crippen LogP contribution < -0.4 is 16.4 Å². The lowest BCUT2D eigenvalue weighted by molar-refractivity contribution is -0.157. The summed E-state index contributed by atoms with van der Waals surface area (Å²) in [5.74, 6) is -3.73. The number of phenols is 1. The van der Waals surface area contributed by atoms with Crippen LogP contribution in [0.5, 0.6) is 5.75 Å². The fourth-order valence-corrected chi connectivity index (χ4v) is 6.21. The number of carbonyl (C=O) groups is 5. The van der Waals surface area contributed by atoms with Crippen LogP contribution in [0.1, 0.15) is 80.7 Å². The summed E-state index contributed by atoms with van der Waals surface area (Å²) in [7, 11) is 0. The Labute approximate surface area is 317 Å². The predicted octanol–water partition coefficient (Wildman–Crippen LogP) is 6.44. The zero-order valence-electron chi connectivity index (χ0n) is 31.2. The number of rotatable bonds is 19. The van der Waals surface area contributed by atoms with Crippen molar-refractivity contribution in [2.24, 2.45) is 17.6 Å². The number of alkyl carbamates (subject to hydrolysis) is 1. The topological polar surface area (TPSA) is 174 Å². The second-order valence-corrected chi connectivity index (χ2v) is 14.8. The summed E-state index contributed by atoms with van der Waals surface area (Å²) in [6.07, 6.45) is 0.419. The third kappa shape index (κ3) is 14.9. The SMILES string of the molecule is Cc1cc(O)cc(C)c1CC(CC(=O)OC(C)(C)C)C(=O)N[C@@H](CCCCNC(=O)OCc1ccccc1Cl)C(=O)C[C@@H](Cc1ccccc1)C(N)=O. The summed E-state index contributed by atoms with van der Waals surface area (Å²) < 4.78 is 10.8. The maximum atomic E-state index is 14.1. The molecule has 286 valence electrons. The van der Waals surface area contributed by atoms with Crippen molar-refractivity contribution in [2.75, 3.05) is 6.54 Å². The highest BCUT2D eigenvalue weighted by molar-refractivity contribution is 6.31. The Morgan fingerprint density at radius 2 is 1.51 bits per heavy atom. The van der Waals surface area contributed by atoms with Gasteiger partial charge in [-0.3, -0.25) is 19.2 Å². The zero-order chi connectivity index (χ0) is 39.1. The number of Topliss-reactive ketones (excluding diaryl/α,β-unsaturated/α-hetero) is 1. The van der Waals surface area contributed by atoms with Crippen molar-refractivity contribution in [1.29, 1.82) is 0 Å². The van der Waals surface area contributed by atoms with Crippen LogP contribution in [0.4, 0.5) is 4.79 Å². The lowest BCUT2D eigenvalue weighted by Gasteiger charge is -2.25. The molecule has 3 aromatic carbocycles. The van der Waals surface area contributed by atoms with Gasteiger partial charge >= 0.3 is 12.1 Å². The van der Waals surface area contributed by atoms with Gasteiger partial charge in [0.2, 0.25) is 11.8 Å². The lowest BCUT2D eigenvalue weighted by Crippen LogP contribution is -2.46. The molecule has 53 heavy (non-hydrogen) atoms. The minimum Gasteiger partial charge on any atom is -0.508 e. The van der Waals surface area contributed by atoms with E-state index in [4.69, 9.17) is 26.8 Å². The molecule has 3 rings (SSSR count). The molecule has 3 amide bonds. The molecule has 0 saturated heterocycles. The smallest absolute Gasteiger partial charge is 0.407 e. The van der Waals surface area contributed by atoms with Crippen LogP contribution >= 0.6 is 11.6 Å². The van der Waals surface area contributed by atoms with E-state index in [0.29, 0.717) is 23.4 Å². The number of nitrogens with one attached hydrogen (secondary N) is 2. The van der Waals surface area contributed by atoms with Crippen molar-refractivity contribution in [3.05, 3.63) is 99.6 Å². The second-order valence-electron chi connectivity index (χ2n) is 14.4. The van der Waals surface area contributed by atoms with Crippen LogP contribution in [-0.4, -0.2) is 53.0 Å². The third-order valence-corrected chi connectivity index (χ3v) is 9.09. The molecule has 0 heterocycles. The molecule has 0 aliphatic rings. The first-order chi connectivity index (χ1) is 25.0. The molecule has 0 aromatic heterocycles. The number of halogens is 1. The minimum atomic E-state index is -1.00. The number of ketones is 1. The van der Waals surface area contributed by atoms with Gasteiger partial charge < -0.3 is 30.9 Å². The zero-order valence-corrected chi connectivity index (χ0v) is 32.0. The van der Waals surface area contributed by atoms with E-state index in [0.717, 1.165) is 22.3 Å². The fourth-order valence-electron chi connectivity index (χ4n) is 6.01. The van der Waals surface area contributed by atoms with Crippen molar-refractivity contribution in [1.82, 2.24) is 10.6 Å². The number of carbonyl (C=O) groups excluding carboxylic acids is 5. The van der Waals surface area contributed by atoms with E-state index in [1.54, 1.807) is 57.2 Å². The first-order valence-electron chi connectivity index (χ1n) is 17.8. The lowest BCUT2D eigenvalue weighted by atomic mass is 9.88. The van der Waals surface area contributed by atoms with Crippen molar-refractivity contribution >= 4 is 41.3 Å². The number of hydrogen-bond donors (Lipinski definition) is 4. The van der Waals surface area contributed by atoms with Crippen molar-refractivity contribution in [2.45, 2.75) is 97.8 Å². The summed E-state index contributed by atoms with van der Waals surface area (Å²) >= 11 is 6.14. The van der Waals surface area contributed by atoms with E-state index >= 15 is 0 Å². The van der Waals surface area contributed by atoms with E-state index in [1.165, 1.54) is 0 Å². The summed E-state index contributed by atoms with van der Waals surface area (Å²) in [6.45, 7) is 9.09. The first-order valence-corrected chi connectivity index (χ1v) is 18.2. The number of benzene rings is 3. The van der Waals surface area contributed by atoms with Gasteiger partial charge in [0.05, 0.1) is 18.4 Å². The Morgan fingerprint density at radius 3 is 2.13 bits per heavy atom. The van der Waals surface area contributed by atoms with Crippen LogP contribution in [0.2, 0.25) is 5.02 Å². The number of aryl methyl sites for hydroxylation is 2. The Bertz CT molecular complexity index is 1700. The maximum Gasteiger partial charge on any atom is 0.407 e. The molecule has 3 aromatic rings. The number of ether oxygens (including phenoxy) is 2. The van der Waals surface area contributed by atoms with Crippen molar-refractivity contribution < 1.29 is 38.6 Å². The first kappa shape index (κ1) is 42.5. The number of hydrogen-bond acceptors (Lipinski definition) is 8. The van der Waals surface area contributed by atoms with Crippen LogP contribution in [0.3, 0.4) is 0 Å². The maximum absolute atomic E-state index is 14.1. The number of aromatic hydroxyl groups is 1. The quantitative estimate of drug-likeness (QED) is 0.0801. The van der Waals surface area contributed by atoms with Crippen molar-refractivity contribution in [3.8, 4) is 5.75 Å². The molecule has 0 aliphatic carbocycles. The third-order valence-electron chi connectivity index (χ3n) is 8.72. The summed E-state index contributed by atoms with van der Waals surface area (Å²) in [5.41, 5.74) is 8.77. The second kappa shape index (κ2) is 20.4. The van der Waals surface area contributed by atoms with Crippen LogP contribution in [-0.2, 0) is 48.1 Å². The molecule has 0 bridgehead atoms. The molecule has 0 saturated carbocycles. The summed E-state index contributed by atoms with van der Waals surface area (Å²) in [4.78, 5) is 65.8. The molecule has 11 nitrogen and oxygen atoms in total. The monoisotopic (exact) mass is 749 g/mol. The number of esters is 1. The number of phenolic OH excluding ortho intramolecular Hbond substituents is 1. The van der Waals surface area contributed by atoms with Crippen LogP contribution in [0, 0.1) is 25.7 Å². The molecule has 3 atom stereocenters. The van der Waals surface area contributed by atoms with Crippen LogP contribution in [0.25, 0.3) is 0 Å². The average molecular weight is 750 g/mol. The van der Waals surface area contributed by atoms with Crippen LogP contribution in [0.15, 0.2) is 66.7 Å². The fraction of sp³-hybridized carbons (Fsp3) is 0.439. The number of amides is 3. The molecular formula is C41H52ClN3O8. The number of primary amides is 1. The van der Waals surface area contributed by atoms with E-state index < -0.39 is 47.4 Å². The minimum absolute atomic E-state index is 0.00573. The predicted molar refractivity (Wildman–Crippen MR) is 203 cm³/mol. The average Bonchev–Trinajstić information content (AvgIpc) is 3.07. The Morgan fingerprint density at radius 1 is 0.868 bits per heavy atom. The Balaban J connectivity index is 1.76. The van der Waals surface area contributed by atoms with E-state index in [-0.39, 0.29) is 56.8 Å². The van der Waals surface area contributed by atoms with Gasteiger partial charge in [-0.05, 0) is 107 Å². The van der Waals surface area contributed by atoms with Gasteiger partial charge in [-0.1, -0.05) is 60.1 Å². The molecule has 1 unspecified atom stereocenters. The number of unbranched alkanes of at least 4 members (excludes halogenated alkanes) is 1. The molecule has 5 N–H and O–H groups in total. The normalized spacial score (nSPS) is 12.9. The van der Waals surface area contributed by atoms with Gasteiger partial charge in [0.25, 0.3) is 0 Å². The molecule has 0 fully saturated rings.